The number of benzene rings is 1. The highest BCUT2D eigenvalue weighted by atomic mass is 19.2. The molecule has 1 saturated heterocycles. The maximum atomic E-state index is 14.1. The number of halogens is 3. The molecule has 9 heteroatoms. The molecule has 3 atom stereocenters. The first kappa shape index (κ1) is 20.2. The summed E-state index contributed by atoms with van der Waals surface area (Å²) in [6.07, 6.45) is 0.181. The molecule has 1 amide bonds. The first-order valence-electron chi connectivity index (χ1n) is 8.49. The van der Waals surface area contributed by atoms with E-state index in [1.54, 1.807) is 6.92 Å². The van der Waals surface area contributed by atoms with Crippen molar-refractivity contribution in [2.24, 2.45) is 0 Å². The molecule has 0 radical (unpaired) electrons. The monoisotopic (exact) mass is 374 g/mol. The highest BCUT2D eigenvalue weighted by molar-refractivity contribution is 5.78. The molecule has 0 aromatic heterocycles. The van der Waals surface area contributed by atoms with Crippen molar-refractivity contribution in [3.63, 3.8) is 0 Å². The highest BCUT2D eigenvalue weighted by Crippen LogP contribution is 2.34. The van der Waals surface area contributed by atoms with E-state index in [0.29, 0.717) is 25.2 Å². The molecule has 1 aliphatic heterocycles. The molecule has 26 heavy (non-hydrogen) atoms. The minimum Gasteiger partial charge on any atom is -0.358 e. The molecular formula is C17H21F3N2O4. The molecule has 0 saturated carbocycles. The Balaban J connectivity index is 2.33. The van der Waals surface area contributed by atoms with Crippen molar-refractivity contribution in [1.29, 1.82) is 0 Å². The van der Waals surface area contributed by atoms with Gasteiger partial charge in [-0.15, -0.1) is 0 Å². The summed E-state index contributed by atoms with van der Waals surface area (Å²) in [6, 6.07) is -0.399. The van der Waals surface area contributed by atoms with Crippen LogP contribution in [0.4, 0.5) is 13.2 Å². The van der Waals surface area contributed by atoms with Gasteiger partial charge in [0.15, 0.2) is 11.6 Å². The van der Waals surface area contributed by atoms with Gasteiger partial charge in [-0.1, -0.05) is 13.8 Å². The molecular weight excluding hydrogens is 353 g/mol. The van der Waals surface area contributed by atoms with Crippen molar-refractivity contribution >= 4 is 5.91 Å². The van der Waals surface area contributed by atoms with Gasteiger partial charge in [0.25, 0.3) is 0 Å². The van der Waals surface area contributed by atoms with Gasteiger partial charge < -0.3 is 9.64 Å². The Morgan fingerprint density at radius 1 is 1.27 bits per heavy atom. The van der Waals surface area contributed by atoms with Crippen LogP contribution in [0, 0.1) is 27.6 Å². The van der Waals surface area contributed by atoms with Crippen LogP contribution in [-0.4, -0.2) is 41.2 Å². The Morgan fingerprint density at radius 2 is 1.92 bits per heavy atom. The maximum absolute atomic E-state index is 14.1. The van der Waals surface area contributed by atoms with E-state index in [1.807, 2.05) is 6.92 Å². The molecule has 1 aromatic carbocycles. The summed E-state index contributed by atoms with van der Waals surface area (Å²) in [5.41, 5.74) is -0.360. The summed E-state index contributed by atoms with van der Waals surface area (Å²) < 4.78 is 46.3. The van der Waals surface area contributed by atoms with Crippen LogP contribution in [0.15, 0.2) is 12.1 Å². The molecule has 0 aliphatic carbocycles. The molecule has 1 fully saturated rings. The lowest BCUT2D eigenvalue weighted by Gasteiger charge is -2.38. The van der Waals surface area contributed by atoms with Gasteiger partial charge in [-0.05, 0) is 18.9 Å². The van der Waals surface area contributed by atoms with Crippen LogP contribution in [0.25, 0.3) is 0 Å². The second kappa shape index (κ2) is 8.48. The topological polar surface area (TPSA) is 72.7 Å². The lowest BCUT2D eigenvalue weighted by Crippen LogP contribution is -2.54. The molecule has 0 N–H and O–H groups in total. The standard InChI is InChI=1S/C17H21F3N2O4/c1-3-5-26-17(4-2)21-9-15(22(24)25)11(7-16(21)23)10-6-13(19)14(20)8-12(10)18/h6,8,11,15,17H,3-5,7,9H2,1-2H3/t11-,15+,17?/m1/s1. The fraction of sp³-hybridized carbons (Fsp3) is 0.588. The number of piperidine rings is 1. The lowest BCUT2D eigenvalue weighted by molar-refractivity contribution is -0.529. The van der Waals surface area contributed by atoms with Gasteiger partial charge in [0.1, 0.15) is 12.0 Å². The highest BCUT2D eigenvalue weighted by Gasteiger charge is 2.45. The third kappa shape index (κ3) is 4.14. The fourth-order valence-electron chi connectivity index (χ4n) is 3.19. The Morgan fingerprint density at radius 3 is 2.50 bits per heavy atom. The van der Waals surface area contributed by atoms with Gasteiger partial charge in [0.2, 0.25) is 11.9 Å². The minimum absolute atomic E-state index is 0.281. The number of rotatable bonds is 7. The van der Waals surface area contributed by atoms with E-state index in [-0.39, 0.29) is 18.5 Å². The van der Waals surface area contributed by atoms with Crippen LogP contribution in [0.5, 0.6) is 0 Å². The van der Waals surface area contributed by atoms with Crippen molar-refractivity contribution in [3.05, 3.63) is 45.3 Å². The summed E-state index contributed by atoms with van der Waals surface area (Å²) in [4.78, 5) is 24.7. The van der Waals surface area contributed by atoms with Gasteiger partial charge >= 0.3 is 0 Å². The molecule has 1 aromatic rings. The average molecular weight is 374 g/mol. The predicted octanol–water partition coefficient (Wildman–Crippen LogP) is 3.23. The number of hydrogen-bond acceptors (Lipinski definition) is 4. The number of nitro groups is 1. The molecule has 1 aliphatic rings. The number of ether oxygens (including phenoxy) is 1. The third-order valence-electron chi connectivity index (χ3n) is 4.48. The zero-order valence-corrected chi connectivity index (χ0v) is 14.6. The van der Waals surface area contributed by atoms with Crippen LogP contribution < -0.4 is 0 Å². The SMILES string of the molecule is CCCOC(CC)N1C[C@H]([N+](=O)[O-])[C@@H](c2cc(F)c(F)cc2F)CC1=O. The molecule has 6 nitrogen and oxygen atoms in total. The van der Waals surface area contributed by atoms with Crippen molar-refractivity contribution in [1.82, 2.24) is 4.90 Å². The molecule has 1 unspecified atom stereocenters. The first-order chi connectivity index (χ1) is 12.3. The van der Waals surface area contributed by atoms with Crippen molar-refractivity contribution in [3.8, 4) is 0 Å². The second-order valence-corrected chi connectivity index (χ2v) is 6.23. The first-order valence-corrected chi connectivity index (χ1v) is 8.49. The molecule has 0 spiro atoms. The number of hydrogen-bond donors (Lipinski definition) is 0. The second-order valence-electron chi connectivity index (χ2n) is 6.23. The van der Waals surface area contributed by atoms with E-state index >= 15 is 0 Å². The number of amides is 1. The minimum atomic E-state index is -1.38. The maximum Gasteiger partial charge on any atom is 0.237 e. The molecule has 144 valence electrons. The van der Waals surface area contributed by atoms with E-state index in [2.05, 4.69) is 0 Å². The van der Waals surface area contributed by atoms with Crippen LogP contribution in [0.3, 0.4) is 0 Å². The summed E-state index contributed by atoms with van der Waals surface area (Å²) in [6.45, 7) is 3.80. The smallest absolute Gasteiger partial charge is 0.237 e. The number of carbonyl (C=O) groups excluding carboxylic acids is 1. The van der Waals surface area contributed by atoms with Gasteiger partial charge in [0.05, 0.1) is 12.5 Å². The van der Waals surface area contributed by atoms with Gasteiger partial charge in [-0.3, -0.25) is 14.9 Å². The number of likely N-dealkylation sites (tertiary alicyclic amines) is 1. The molecule has 2 rings (SSSR count). The molecule has 1 heterocycles. The quantitative estimate of drug-likeness (QED) is 0.417. The average Bonchev–Trinajstić information content (AvgIpc) is 2.59. The summed E-state index contributed by atoms with van der Waals surface area (Å²) in [7, 11) is 0. The van der Waals surface area contributed by atoms with Crippen molar-refractivity contribution < 1.29 is 27.6 Å². The zero-order valence-electron chi connectivity index (χ0n) is 14.6. The summed E-state index contributed by atoms with van der Waals surface area (Å²) >= 11 is 0. The molecule has 0 bridgehead atoms. The summed E-state index contributed by atoms with van der Waals surface area (Å²) in [5, 5.41) is 11.5. The zero-order chi connectivity index (χ0) is 19.4. The number of nitrogens with zero attached hydrogens (tertiary/aromatic N) is 2. The van der Waals surface area contributed by atoms with Gasteiger partial charge in [-0.2, -0.15) is 0 Å². The Kier molecular flexibility index (Phi) is 6.57. The van der Waals surface area contributed by atoms with Crippen LogP contribution in [0.2, 0.25) is 0 Å². The fourth-order valence-corrected chi connectivity index (χ4v) is 3.19. The van der Waals surface area contributed by atoms with Crippen molar-refractivity contribution in [2.75, 3.05) is 13.2 Å². The number of carbonyl (C=O) groups is 1. The van der Waals surface area contributed by atoms with Crippen LogP contribution in [0.1, 0.15) is 44.6 Å². The predicted molar refractivity (Wildman–Crippen MR) is 86.5 cm³/mol. The van der Waals surface area contributed by atoms with Gasteiger partial charge in [-0.25, -0.2) is 13.2 Å². The van der Waals surface area contributed by atoms with E-state index in [4.69, 9.17) is 4.74 Å². The van der Waals surface area contributed by atoms with E-state index < -0.39 is 46.5 Å². The Hall–Kier alpha value is -2.16. The Labute approximate surface area is 149 Å². The van der Waals surface area contributed by atoms with E-state index in [0.717, 1.165) is 6.42 Å². The van der Waals surface area contributed by atoms with Crippen molar-refractivity contribution in [2.45, 2.75) is 51.3 Å². The van der Waals surface area contributed by atoms with E-state index in [1.165, 1.54) is 4.90 Å². The van der Waals surface area contributed by atoms with Gasteiger partial charge in [0, 0.05) is 29.6 Å². The Bertz CT molecular complexity index is 686. The lowest BCUT2D eigenvalue weighted by atomic mass is 9.84. The van der Waals surface area contributed by atoms with Crippen LogP contribution in [-0.2, 0) is 9.53 Å². The summed E-state index contributed by atoms with van der Waals surface area (Å²) in [5.74, 6) is -5.41. The van der Waals surface area contributed by atoms with E-state index in [9.17, 15) is 28.1 Å². The normalized spacial score (nSPS) is 21.7. The largest absolute Gasteiger partial charge is 0.358 e. The van der Waals surface area contributed by atoms with Crippen LogP contribution >= 0.6 is 0 Å². The third-order valence-corrected chi connectivity index (χ3v) is 4.48.